The number of hydrogen-bond acceptors (Lipinski definition) is 5. The van der Waals surface area contributed by atoms with Crippen LogP contribution in [0.1, 0.15) is 28.9 Å². The highest BCUT2D eigenvalue weighted by Gasteiger charge is 2.26. The van der Waals surface area contributed by atoms with Crippen molar-refractivity contribution in [3.05, 3.63) is 71.0 Å². The molecule has 1 aromatic heterocycles. The fraction of sp³-hybridized carbons (Fsp3) is 0.348. The molecule has 0 spiro atoms. The van der Waals surface area contributed by atoms with Crippen LogP contribution >= 0.6 is 11.6 Å². The SMILES string of the molecule is COc1cccc(OC[C@@H]2CCCN(C(=O)c3cn(Cc4ccc(Cl)cc4)nn3)C2)c1. The average Bonchev–Trinajstić information content (AvgIpc) is 3.27. The van der Waals surface area contributed by atoms with Crippen LogP contribution in [0.4, 0.5) is 0 Å². The number of ether oxygens (including phenoxy) is 2. The van der Waals surface area contributed by atoms with Gasteiger partial charge in [-0.1, -0.05) is 35.0 Å². The number of carbonyl (C=O) groups is 1. The Morgan fingerprint density at radius 2 is 2.00 bits per heavy atom. The maximum atomic E-state index is 12.9. The van der Waals surface area contributed by atoms with Crippen LogP contribution in [0.25, 0.3) is 0 Å². The third kappa shape index (κ3) is 5.55. The van der Waals surface area contributed by atoms with E-state index in [4.69, 9.17) is 21.1 Å². The van der Waals surface area contributed by atoms with E-state index in [1.54, 1.807) is 18.0 Å². The van der Waals surface area contributed by atoms with E-state index in [1.807, 2.05) is 53.4 Å². The third-order valence-electron chi connectivity index (χ3n) is 5.35. The molecule has 1 saturated heterocycles. The summed E-state index contributed by atoms with van der Waals surface area (Å²) in [5.41, 5.74) is 1.41. The molecular weight excluding hydrogens is 416 g/mol. The predicted molar refractivity (Wildman–Crippen MR) is 118 cm³/mol. The Balaban J connectivity index is 1.33. The first kappa shape index (κ1) is 21.2. The fourth-order valence-corrected chi connectivity index (χ4v) is 3.83. The van der Waals surface area contributed by atoms with Gasteiger partial charge in [0.25, 0.3) is 5.91 Å². The maximum Gasteiger partial charge on any atom is 0.276 e. The molecule has 0 aliphatic carbocycles. The Hall–Kier alpha value is -3.06. The van der Waals surface area contributed by atoms with Gasteiger partial charge in [-0.15, -0.1) is 5.10 Å². The molecule has 0 unspecified atom stereocenters. The van der Waals surface area contributed by atoms with Crippen LogP contribution in [0.15, 0.2) is 54.7 Å². The van der Waals surface area contributed by atoms with Crippen LogP contribution < -0.4 is 9.47 Å². The van der Waals surface area contributed by atoms with E-state index in [1.165, 1.54) is 0 Å². The quantitative estimate of drug-likeness (QED) is 0.557. The second kappa shape index (κ2) is 9.83. The monoisotopic (exact) mass is 440 g/mol. The van der Waals surface area contributed by atoms with Crippen molar-refractivity contribution in [3.8, 4) is 11.5 Å². The highest BCUT2D eigenvalue weighted by molar-refractivity contribution is 6.30. The van der Waals surface area contributed by atoms with Crippen molar-refractivity contribution < 1.29 is 14.3 Å². The summed E-state index contributed by atoms with van der Waals surface area (Å²) in [5.74, 6) is 1.72. The van der Waals surface area contributed by atoms with Gasteiger partial charge in [0, 0.05) is 30.1 Å². The van der Waals surface area contributed by atoms with E-state index in [-0.39, 0.29) is 11.8 Å². The van der Waals surface area contributed by atoms with Crippen LogP contribution in [0, 0.1) is 5.92 Å². The Labute approximate surface area is 186 Å². The molecule has 3 aromatic rings. The lowest BCUT2D eigenvalue weighted by atomic mass is 9.98. The van der Waals surface area contributed by atoms with Crippen molar-refractivity contribution in [2.24, 2.45) is 5.92 Å². The lowest BCUT2D eigenvalue weighted by molar-refractivity contribution is 0.0627. The normalized spacial score (nSPS) is 16.2. The number of halogens is 1. The molecule has 162 valence electrons. The van der Waals surface area contributed by atoms with Crippen LogP contribution in [-0.2, 0) is 6.54 Å². The molecule has 2 heterocycles. The van der Waals surface area contributed by atoms with Gasteiger partial charge in [-0.3, -0.25) is 4.79 Å². The molecule has 0 saturated carbocycles. The zero-order valence-electron chi connectivity index (χ0n) is 17.4. The van der Waals surface area contributed by atoms with E-state index in [0.717, 1.165) is 36.4 Å². The number of methoxy groups -OCH3 is 1. The Morgan fingerprint density at radius 3 is 2.81 bits per heavy atom. The number of nitrogens with zero attached hydrogens (tertiary/aromatic N) is 4. The van der Waals surface area contributed by atoms with Gasteiger partial charge in [0.2, 0.25) is 0 Å². The summed E-state index contributed by atoms with van der Waals surface area (Å²) in [6.45, 7) is 2.46. The summed E-state index contributed by atoms with van der Waals surface area (Å²) in [4.78, 5) is 14.8. The molecule has 1 aliphatic rings. The minimum atomic E-state index is -0.0894. The minimum Gasteiger partial charge on any atom is -0.497 e. The summed E-state index contributed by atoms with van der Waals surface area (Å²) in [6, 6.07) is 15.1. The number of amides is 1. The molecule has 1 atom stereocenters. The van der Waals surface area contributed by atoms with E-state index in [0.29, 0.717) is 30.4 Å². The van der Waals surface area contributed by atoms with Gasteiger partial charge in [0.05, 0.1) is 26.5 Å². The van der Waals surface area contributed by atoms with Crippen molar-refractivity contribution in [2.45, 2.75) is 19.4 Å². The molecule has 0 radical (unpaired) electrons. The summed E-state index contributed by atoms with van der Waals surface area (Å²) in [7, 11) is 1.63. The van der Waals surface area contributed by atoms with Crippen molar-refractivity contribution in [1.29, 1.82) is 0 Å². The molecule has 7 nitrogen and oxygen atoms in total. The molecule has 0 bridgehead atoms. The molecule has 1 aliphatic heterocycles. The molecule has 0 N–H and O–H groups in total. The molecule has 31 heavy (non-hydrogen) atoms. The Kier molecular flexibility index (Phi) is 6.72. The van der Waals surface area contributed by atoms with E-state index < -0.39 is 0 Å². The van der Waals surface area contributed by atoms with Gasteiger partial charge < -0.3 is 14.4 Å². The van der Waals surface area contributed by atoms with Crippen LogP contribution in [0.3, 0.4) is 0 Å². The van der Waals surface area contributed by atoms with Gasteiger partial charge >= 0.3 is 0 Å². The standard InChI is InChI=1S/C23H25ClN4O3/c1-30-20-5-2-6-21(12-20)31-16-18-4-3-11-27(13-18)23(29)22-15-28(26-25-22)14-17-7-9-19(24)10-8-17/h2,5-10,12,15,18H,3-4,11,13-14,16H2,1H3/t18-/m1/s1. The lowest BCUT2D eigenvalue weighted by Gasteiger charge is -2.32. The Bertz CT molecular complexity index is 1020. The fourth-order valence-electron chi connectivity index (χ4n) is 3.70. The van der Waals surface area contributed by atoms with Crippen molar-refractivity contribution in [3.63, 3.8) is 0 Å². The molecule has 4 rings (SSSR count). The number of benzene rings is 2. The highest BCUT2D eigenvalue weighted by Crippen LogP contribution is 2.23. The van der Waals surface area contributed by atoms with Crippen LogP contribution in [-0.4, -0.2) is 52.6 Å². The summed E-state index contributed by atoms with van der Waals surface area (Å²) >= 11 is 5.93. The first-order valence-electron chi connectivity index (χ1n) is 10.3. The Morgan fingerprint density at radius 1 is 1.19 bits per heavy atom. The second-order valence-electron chi connectivity index (χ2n) is 7.68. The summed E-state index contributed by atoms with van der Waals surface area (Å²) in [6.07, 6.45) is 3.67. The summed E-state index contributed by atoms with van der Waals surface area (Å²) < 4.78 is 12.8. The number of piperidine rings is 1. The van der Waals surface area contributed by atoms with Gasteiger partial charge in [-0.2, -0.15) is 0 Å². The van der Waals surface area contributed by atoms with Crippen LogP contribution in [0.2, 0.25) is 5.02 Å². The number of carbonyl (C=O) groups excluding carboxylic acids is 1. The van der Waals surface area contributed by atoms with Gasteiger partial charge in [-0.05, 0) is 42.7 Å². The molecule has 1 fully saturated rings. The van der Waals surface area contributed by atoms with E-state index in [2.05, 4.69) is 10.3 Å². The lowest BCUT2D eigenvalue weighted by Crippen LogP contribution is -2.41. The number of aromatic nitrogens is 3. The topological polar surface area (TPSA) is 69.5 Å². The maximum absolute atomic E-state index is 12.9. The minimum absolute atomic E-state index is 0.0894. The van der Waals surface area contributed by atoms with Gasteiger partial charge in [0.15, 0.2) is 5.69 Å². The first-order valence-corrected chi connectivity index (χ1v) is 10.7. The zero-order valence-corrected chi connectivity index (χ0v) is 18.2. The average molecular weight is 441 g/mol. The van der Waals surface area contributed by atoms with E-state index in [9.17, 15) is 4.79 Å². The highest BCUT2D eigenvalue weighted by atomic mass is 35.5. The van der Waals surface area contributed by atoms with Gasteiger partial charge in [0.1, 0.15) is 11.5 Å². The van der Waals surface area contributed by atoms with Crippen molar-refractivity contribution in [1.82, 2.24) is 19.9 Å². The first-order chi connectivity index (χ1) is 15.1. The second-order valence-corrected chi connectivity index (χ2v) is 8.11. The van der Waals surface area contributed by atoms with Crippen molar-refractivity contribution in [2.75, 3.05) is 26.8 Å². The predicted octanol–water partition coefficient (Wildman–Crippen LogP) is 3.92. The number of likely N-dealkylation sites (tertiary alicyclic amines) is 1. The third-order valence-corrected chi connectivity index (χ3v) is 5.60. The van der Waals surface area contributed by atoms with Gasteiger partial charge in [-0.25, -0.2) is 4.68 Å². The smallest absolute Gasteiger partial charge is 0.276 e. The van der Waals surface area contributed by atoms with Crippen molar-refractivity contribution >= 4 is 17.5 Å². The summed E-state index contributed by atoms with van der Waals surface area (Å²) in [5, 5.41) is 8.89. The van der Waals surface area contributed by atoms with E-state index >= 15 is 0 Å². The molecule has 1 amide bonds. The number of hydrogen-bond donors (Lipinski definition) is 0. The molecule has 2 aromatic carbocycles. The zero-order chi connectivity index (χ0) is 21.6. The number of rotatable bonds is 7. The van der Waals surface area contributed by atoms with Crippen LogP contribution in [0.5, 0.6) is 11.5 Å². The molecular formula is C23H25ClN4O3. The molecule has 8 heteroatoms. The largest absolute Gasteiger partial charge is 0.497 e.